The first-order chi connectivity index (χ1) is 19.6. The molecule has 3 heterocycles. The summed E-state index contributed by atoms with van der Waals surface area (Å²) in [6.07, 6.45) is 3.25. The standard InChI is InChI=1S/C23H29BrN4O2.C8H6BrNO/c1-5-28(6-2)11-7-10-25-23(30)21-14(3)20(26-15(21)4)13-18-17-12-16(24)8-9-19(17)27-22(18)29;9-6-1-2-7-5(3-6)4-8(11)10-7/h8-9,12-13,26H,5-7,10-11H2,1-4H3,(H,25,30)(H,27,29);1-3H,4H2,(H,10,11). The van der Waals surface area contributed by atoms with Gasteiger partial charge in [0.15, 0.2) is 0 Å². The number of nitrogens with one attached hydrogen (secondary N) is 4. The monoisotopic (exact) mass is 683 g/mol. The van der Waals surface area contributed by atoms with Crippen molar-refractivity contribution in [2.24, 2.45) is 0 Å². The third-order valence-electron chi connectivity index (χ3n) is 7.28. The van der Waals surface area contributed by atoms with Gasteiger partial charge in [-0.25, -0.2) is 0 Å². The Morgan fingerprint density at radius 3 is 2.39 bits per heavy atom. The van der Waals surface area contributed by atoms with Crippen LogP contribution >= 0.6 is 31.9 Å². The van der Waals surface area contributed by atoms with E-state index in [4.69, 9.17) is 0 Å². The zero-order valence-corrected chi connectivity index (χ0v) is 26.9. The molecule has 1 aromatic heterocycles. The van der Waals surface area contributed by atoms with E-state index in [0.717, 1.165) is 74.5 Å². The number of hydrogen-bond acceptors (Lipinski definition) is 4. The van der Waals surface area contributed by atoms with Crippen molar-refractivity contribution in [1.29, 1.82) is 0 Å². The fraction of sp³-hybridized carbons (Fsp3) is 0.323. The molecule has 0 radical (unpaired) electrons. The van der Waals surface area contributed by atoms with E-state index in [9.17, 15) is 14.4 Å². The fourth-order valence-electron chi connectivity index (χ4n) is 5.04. The maximum Gasteiger partial charge on any atom is 0.256 e. The van der Waals surface area contributed by atoms with E-state index in [1.165, 1.54) is 0 Å². The van der Waals surface area contributed by atoms with Crippen molar-refractivity contribution in [1.82, 2.24) is 15.2 Å². The Labute approximate surface area is 257 Å². The quantitative estimate of drug-likeness (QED) is 0.165. The highest BCUT2D eigenvalue weighted by molar-refractivity contribution is 9.10. The number of carbonyl (C=O) groups is 3. The van der Waals surface area contributed by atoms with Crippen LogP contribution in [0.1, 0.15) is 58.7 Å². The van der Waals surface area contributed by atoms with Gasteiger partial charge in [-0.15, -0.1) is 0 Å². The van der Waals surface area contributed by atoms with E-state index in [1.54, 1.807) is 0 Å². The predicted octanol–water partition coefficient (Wildman–Crippen LogP) is 6.29. The average molecular weight is 685 g/mol. The topological polar surface area (TPSA) is 106 Å². The fourth-order valence-corrected chi connectivity index (χ4v) is 5.81. The first-order valence-corrected chi connectivity index (χ1v) is 15.3. The molecule has 2 aliphatic heterocycles. The molecular weight excluding hydrogens is 650 g/mol. The number of fused-ring (bicyclic) bond motifs is 2. The van der Waals surface area contributed by atoms with E-state index < -0.39 is 0 Å². The SMILES string of the molecule is CCN(CC)CCCNC(=O)c1c(C)[nH]c(C=C2C(=O)Nc3ccc(Br)cc32)c1C.O=C1Cc2cc(Br)ccc2N1. The number of H-pyrrole nitrogens is 1. The van der Waals surface area contributed by atoms with E-state index in [2.05, 4.69) is 71.5 Å². The number of aromatic amines is 1. The van der Waals surface area contributed by atoms with Gasteiger partial charge in [-0.05, 0) is 93.5 Å². The van der Waals surface area contributed by atoms with Gasteiger partial charge in [0.1, 0.15) is 0 Å². The van der Waals surface area contributed by atoms with Gasteiger partial charge in [0.2, 0.25) is 5.91 Å². The molecule has 0 unspecified atom stereocenters. The third kappa shape index (κ3) is 7.36. The Morgan fingerprint density at radius 2 is 1.68 bits per heavy atom. The van der Waals surface area contributed by atoms with Crippen molar-refractivity contribution in [2.75, 3.05) is 36.8 Å². The largest absolute Gasteiger partial charge is 0.358 e. The minimum absolute atomic E-state index is 0.0792. The number of rotatable bonds is 8. The highest BCUT2D eigenvalue weighted by atomic mass is 79.9. The number of benzene rings is 2. The number of amides is 3. The smallest absolute Gasteiger partial charge is 0.256 e. The van der Waals surface area contributed by atoms with Crippen LogP contribution in [-0.4, -0.2) is 53.8 Å². The zero-order chi connectivity index (χ0) is 29.7. The summed E-state index contributed by atoms with van der Waals surface area (Å²) in [6.45, 7) is 11.7. The molecule has 0 atom stereocenters. The summed E-state index contributed by atoms with van der Waals surface area (Å²) in [5.74, 6) is -0.139. The Bertz CT molecular complexity index is 1510. The molecule has 0 saturated heterocycles. The van der Waals surface area contributed by atoms with Crippen molar-refractivity contribution in [3.05, 3.63) is 79.0 Å². The van der Waals surface area contributed by atoms with Gasteiger partial charge >= 0.3 is 0 Å². The van der Waals surface area contributed by atoms with Crippen molar-refractivity contribution in [2.45, 2.75) is 40.5 Å². The summed E-state index contributed by atoms with van der Waals surface area (Å²) in [4.78, 5) is 41.7. The molecule has 0 spiro atoms. The van der Waals surface area contributed by atoms with Crippen LogP contribution in [0.5, 0.6) is 0 Å². The van der Waals surface area contributed by atoms with Crippen LogP contribution in [0.4, 0.5) is 11.4 Å². The number of halogens is 2. The van der Waals surface area contributed by atoms with Crippen molar-refractivity contribution in [3.63, 3.8) is 0 Å². The number of anilines is 2. The van der Waals surface area contributed by atoms with Gasteiger partial charge in [0, 0.05) is 43.8 Å². The van der Waals surface area contributed by atoms with Gasteiger partial charge in [-0.1, -0.05) is 45.7 Å². The second-order valence-electron chi connectivity index (χ2n) is 10.0. The van der Waals surface area contributed by atoms with E-state index in [-0.39, 0.29) is 17.7 Å². The minimum Gasteiger partial charge on any atom is -0.358 e. The maximum absolute atomic E-state index is 12.8. The van der Waals surface area contributed by atoms with Crippen LogP contribution in [-0.2, 0) is 16.0 Å². The summed E-state index contributed by atoms with van der Waals surface area (Å²) in [5, 5.41) is 8.68. The average Bonchev–Trinajstić information content (AvgIpc) is 3.55. The zero-order valence-electron chi connectivity index (χ0n) is 23.7. The Kier molecular flexibility index (Phi) is 10.2. The minimum atomic E-state index is -0.142. The highest BCUT2D eigenvalue weighted by Crippen LogP contribution is 2.35. The second kappa shape index (κ2) is 13.6. The van der Waals surface area contributed by atoms with E-state index in [1.807, 2.05) is 56.3 Å². The van der Waals surface area contributed by atoms with Crippen LogP contribution < -0.4 is 16.0 Å². The lowest BCUT2D eigenvalue weighted by molar-refractivity contribution is -0.115. The summed E-state index contributed by atoms with van der Waals surface area (Å²) >= 11 is 6.81. The number of hydrogen-bond donors (Lipinski definition) is 4. The number of nitrogens with zero attached hydrogens (tertiary/aromatic N) is 1. The van der Waals surface area contributed by atoms with Crippen LogP contribution in [0.2, 0.25) is 0 Å². The third-order valence-corrected chi connectivity index (χ3v) is 8.27. The molecule has 3 amide bonds. The molecule has 0 fully saturated rings. The molecule has 8 nitrogen and oxygen atoms in total. The molecule has 2 aromatic carbocycles. The maximum atomic E-state index is 12.8. The first kappa shape index (κ1) is 30.7. The Balaban J connectivity index is 0.000000291. The molecule has 2 aliphatic rings. The molecule has 0 bridgehead atoms. The summed E-state index contributed by atoms with van der Waals surface area (Å²) in [7, 11) is 0. The number of aryl methyl sites for hydroxylation is 1. The summed E-state index contributed by atoms with van der Waals surface area (Å²) < 4.78 is 1.93. The Morgan fingerprint density at radius 1 is 1.00 bits per heavy atom. The molecule has 0 aliphatic carbocycles. The molecule has 3 aromatic rings. The number of carbonyl (C=O) groups excluding carboxylic acids is 3. The lowest BCUT2D eigenvalue weighted by Gasteiger charge is -2.17. The van der Waals surface area contributed by atoms with Crippen molar-refractivity contribution in [3.8, 4) is 0 Å². The molecule has 0 saturated carbocycles. The van der Waals surface area contributed by atoms with Gasteiger partial charge in [0.25, 0.3) is 11.8 Å². The molecule has 4 N–H and O–H groups in total. The molecular formula is C31H35Br2N5O3. The lowest BCUT2D eigenvalue weighted by atomic mass is 10.0. The molecule has 10 heteroatoms. The highest BCUT2D eigenvalue weighted by Gasteiger charge is 2.26. The first-order valence-electron chi connectivity index (χ1n) is 13.7. The second-order valence-corrected chi connectivity index (χ2v) is 11.9. The van der Waals surface area contributed by atoms with Crippen molar-refractivity contribution < 1.29 is 14.4 Å². The Hall–Kier alpha value is -3.21. The molecule has 41 heavy (non-hydrogen) atoms. The van der Waals surface area contributed by atoms with Crippen LogP contribution in [0.3, 0.4) is 0 Å². The van der Waals surface area contributed by atoms with Gasteiger partial charge in [-0.2, -0.15) is 0 Å². The van der Waals surface area contributed by atoms with Gasteiger partial charge in [0.05, 0.1) is 17.6 Å². The number of aromatic nitrogens is 1. The van der Waals surface area contributed by atoms with Crippen LogP contribution in [0, 0.1) is 13.8 Å². The van der Waals surface area contributed by atoms with E-state index >= 15 is 0 Å². The van der Waals surface area contributed by atoms with E-state index in [0.29, 0.717) is 24.1 Å². The normalized spacial score (nSPS) is 14.4. The van der Waals surface area contributed by atoms with Crippen molar-refractivity contribution >= 4 is 72.6 Å². The lowest BCUT2D eigenvalue weighted by Crippen LogP contribution is -2.30. The molecule has 216 valence electrons. The summed E-state index contributed by atoms with van der Waals surface area (Å²) in [6, 6.07) is 11.5. The van der Waals surface area contributed by atoms with Crippen LogP contribution in [0.25, 0.3) is 11.6 Å². The van der Waals surface area contributed by atoms with Gasteiger partial charge < -0.3 is 25.8 Å². The van der Waals surface area contributed by atoms with Gasteiger partial charge in [-0.3, -0.25) is 14.4 Å². The summed E-state index contributed by atoms with van der Waals surface area (Å²) in [5.41, 5.74) is 7.32. The molecule has 5 rings (SSSR count). The van der Waals surface area contributed by atoms with Crippen LogP contribution in [0.15, 0.2) is 45.3 Å². The predicted molar refractivity (Wildman–Crippen MR) is 172 cm³/mol.